The van der Waals surface area contributed by atoms with Crippen LogP contribution in [0.15, 0.2) is 35.6 Å². The van der Waals surface area contributed by atoms with Crippen LogP contribution in [0.5, 0.6) is 0 Å². The highest BCUT2D eigenvalue weighted by Gasteiger charge is 2.15. The summed E-state index contributed by atoms with van der Waals surface area (Å²) < 4.78 is 13.0. The van der Waals surface area contributed by atoms with E-state index in [-0.39, 0.29) is 5.82 Å². The summed E-state index contributed by atoms with van der Waals surface area (Å²) in [4.78, 5) is 10.6. The summed E-state index contributed by atoms with van der Waals surface area (Å²) in [5.41, 5.74) is 1.73. The molecule has 0 radical (unpaired) electrons. The summed E-state index contributed by atoms with van der Waals surface area (Å²) in [5.74, 6) is 0.577. The highest BCUT2D eigenvalue weighted by molar-refractivity contribution is 7.98. The third kappa shape index (κ3) is 2.69. The molecule has 0 aliphatic carbocycles. The first kappa shape index (κ1) is 13.8. The van der Waals surface area contributed by atoms with Crippen LogP contribution in [0.3, 0.4) is 0 Å². The molecular weight excluding hydrogens is 289 g/mol. The molecule has 3 aromatic rings. The van der Waals surface area contributed by atoms with Crippen LogP contribution >= 0.6 is 11.8 Å². The van der Waals surface area contributed by atoms with E-state index in [1.54, 1.807) is 23.9 Å². The molecule has 0 bridgehead atoms. The number of benzene rings is 1. The van der Waals surface area contributed by atoms with Crippen LogP contribution in [-0.4, -0.2) is 33.5 Å². The first-order valence-electron chi connectivity index (χ1n) is 6.37. The van der Waals surface area contributed by atoms with E-state index in [1.165, 1.54) is 18.5 Å². The zero-order valence-corrected chi connectivity index (χ0v) is 12.5. The first-order valence-corrected chi connectivity index (χ1v) is 7.60. The van der Waals surface area contributed by atoms with Gasteiger partial charge in [0.2, 0.25) is 0 Å². The highest BCUT2D eigenvalue weighted by Crippen LogP contribution is 2.29. The number of H-pyrrole nitrogens is 1. The van der Waals surface area contributed by atoms with Crippen molar-refractivity contribution in [3.63, 3.8) is 0 Å². The summed E-state index contributed by atoms with van der Waals surface area (Å²) in [7, 11) is 1.95. The third-order valence-electron chi connectivity index (χ3n) is 3.19. The standard InChI is InChI=1S/C14H14FN5S/c1-20(7-9-3-5-10(15)6-4-9)13-11-12(16-8-17-13)18-19-14(11)21-2/h3-6,8H,7H2,1-2H3,(H,16,17,18,19). The van der Waals surface area contributed by atoms with Crippen molar-refractivity contribution in [3.05, 3.63) is 42.0 Å². The lowest BCUT2D eigenvalue weighted by Crippen LogP contribution is -2.18. The number of anilines is 1. The Bertz CT molecular complexity index is 756. The van der Waals surface area contributed by atoms with E-state index in [1.807, 2.05) is 18.2 Å². The zero-order chi connectivity index (χ0) is 14.8. The molecule has 2 heterocycles. The molecule has 5 nitrogen and oxygen atoms in total. The molecule has 3 rings (SSSR count). The third-order valence-corrected chi connectivity index (χ3v) is 3.87. The minimum atomic E-state index is -0.231. The van der Waals surface area contributed by atoms with Gasteiger partial charge in [-0.15, -0.1) is 11.8 Å². The van der Waals surface area contributed by atoms with Crippen LogP contribution in [0.25, 0.3) is 11.0 Å². The molecule has 1 aromatic carbocycles. The van der Waals surface area contributed by atoms with Crippen molar-refractivity contribution < 1.29 is 4.39 Å². The number of rotatable bonds is 4. The number of halogens is 1. The number of aromatic amines is 1. The smallest absolute Gasteiger partial charge is 0.161 e. The van der Waals surface area contributed by atoms with Gasteiger partial charge in [-0.25, -0.2) is 14.4 Å². The lowest BCUT2D eigenvalue weighted by Gasteiger charge is -2.19. The van der Waals surface area contributed by atoms with Crippen LogP contribution in [0.1, 0.15) is 5.56 Å². The van der Waals surface area contributed by atoms with Crippen molar-refractivity contribution in [2.75, 3.05) is 18.2 Å². The molecule has 21 heavy (non-hydrogen) atoms. The molecule has 0 aliphatic heterocycles. The molecule has 0 atom stereocenters. The van der Waals surface area contributed by atoms with Crippen LogP contribution in [-0.2, 0) is 6.54 Å². The number of nitrogens with zero attached hydrogens (tertiary/aromatic N) is 4. The molecule has 0 fully saturated rings. The predicted octanol–water partition coefficient (Wildman–Crippen LogP) is 2.85. The monoisotopic (exact) mass is 303 g/mol. The highest BCUT2D eigenvalue weighted by atomic mass is 32.2. The largest absolute Gasteiger partial charge is 0.355 e. The van der Waals surface area contributed by atoms with Crippen molar-refractivity contribution in [2.24, 2.45) is 0 Å². The second kappa shape index (κ2) is 5.69. The van der Waals surface area contributed by atoms with Gasteiger partial charge in [0.05, 0.1) is 5.39 Å². The van der Waals surface area contributed by atoms with E-state index >= 15 is 0 Å². The van der Waals surface area contributed by atoms with Crippen LogP contribution < -0.4 is 4.90 Å². The second-order valence-electron chi connectivity index (χ2n) is 4.64. The molecule has 7 heteroatoms. The van der Waals surface area contributed by atoms with Gasteiger partial charge in [-0.2, -0.15) is 5.10 Å². The Morgan fingerprint density at radius 3 is 2.71 bits per heavy atom. The summed E-state index contributed by atoms with van der Waals surface area (Å²) in [6.07, 6.45) is 3.48. The van der Waals surface area contributed by atoms with Crippen molar-refractivity contribution in [2.45, 2.75) is 11.6 Å². The molecule has 108 valence electrons. The van der Waals surface area contributed by atoms with E-state index in [2.05, 4.69) is 20.2 Å². The number of aromatic nitrogens is 4. The Balaban J connectivity index is 1.95. The Morgan fingerprint density at radius 1 is 1.24 bits per heavy atom. The fourth-order valence-electron chi connectivity index (χ4n) is 2.19. The minimum Gasteiger partial charge on any atom is -0.355 e. The number of fused-ring (bicyclic) bond motifs is 1. The normalized spacial score (nSPS) is 11.0. The summed E-state index contributed by atoms with van der Waals surface area (Å²) in [6, 6.07) is 6.47. The Labute approximate surface area is 125 Å². The quantitative estimate of drug-likeness (QED) is 0.751. The number of hydrogen-bond acceptors (Lipinski definition) is 5. The first-order chi connectivity index (χ1) is 10.2. The van der Waals surface area contributed by atoms with Gasteiger partial charge in [0, 0.05) is 13.6 Å². The summed E-state index contributed by atoms with van der Waals surface area (Å²) >= 11 is 1.55. The number of nitrogens with one attached hydrogen (secondary N) is 1. The second-order valence-corrected chi connectivity index (χ2v) is 5.43. The Kier molecular flexibility index (Phi) is 3.74. The van der Waals surface area contributed by atoms with Gasteiger partial charge >= 0.3 is 0 Å². The van der Waals surface area contributed by atoms with E-state index in [0.717, 1.165) is 27.4 Å². The van der Waals surface area contributed by atoms with Gasteiger partial charge in [0.25, 0.3) is 0 Å². The number of hydrogen-bond donors (Lipinski definition) is 1. The molecule has 1 N–H and O–H groups in total. The van der Waals surface area contributed by atoms with Crippen molar-refractivity contribution in [3.8, 4) is 0 Å². The lowest BCUT2D eigenvalue weighted by molar-refractivity contribution is 0.627. The van der Waals surface area contributed by atoms with Crippen molar-refractivity contribution >= 4 is 28.6 Å². The SMILES string of the molecule is CSc1n[nH]c2ncnc(N(C)Cc3ccc(F)cc3)c12. The van der Waals surface area contributed by atoms with Crippen molar-refractivity contribution in [1.82, 2.24) is 20.2 Å². The van der Waals surface area contributed by atoms with Gasteiger partial charge in [-0.05, 0) is 24.0 Å². The average Bonchev–Trinajstić information content (AvgIpc) is 2.92. The number of thioether (sulfide) groups is 1. The van der Waals surface area contributed by atoms with Crippen LogP contribution in [0.2, 0.25) is 0 Å². The van der Waals surface area contributed by atoms with Gasteiger partial charge in [0.15, 0.2) is 5.65 Å². The predicted molar refractivity (Wildman–Crippen MR) is 82.0 cm³/mol. The lowest BCUT2D eigenvalue weighted by atomic mass is 10.2. The van der Waals surface area contributed by atoms with Gasteiger partial charge in [0.1, 0.15) is 23.0 Å². The Hall–Kier alpha value is -2.15. The molecular formula is C14H14FN5S. The van der Waals surface area contributed by atoms with Crippen LogP contribution in [0.4, 0.5) is 10.2 Å². The molecule has 0 saturated heterocycles. The molecule has 0 unspecified atom stereocenters. The van der Waals surface area contributed by atoms with Gasteiger partial charge in [-0.1, -0.05) is 12.1 Å². The van der Waals surface area contributed by atoms with E-state index in [0.29, 0.717) is 6.54 Å². The topological polar surface area (TPSA) is 57.7 Å². The maximum Gasteiger partial charge on any atom is 0.161 e. The maximum absolute atomic E-state index is 13.0. The Morgan fingerprint density at radius 2 is 2.00 bits per heavy atom. The maximum atomic E-state index is 13.0. The van der Waals surface area contributed by atoms with E-state index < -0.39 is 0 Å². The van der Waals surface area contributed by atoms with Crippen LogP contribution in [0, 0.1) is 5.82 Å². The fourth-order valence-corrected chi connectivity index (χ4v) is 2.72. The molecule has 0 saturated carbocycles. The zero-order valence-electron chi connectivity index (χ0n) is 11.7. The fraction of sp³-hybridized carbons (Fsp3) is 0.214. The molecule has 0 spiro atoms. The van der Waals surface area contributed by atoms with Gasteiger partial charge in [-0.3, -0.25) is 5.10 Å². The average molecular weight is 303 g/mol. The van der Waals surface area contributed by atoms with Gasteiger partial charge < -0.3 is 4.90 Å². The van der Waals surface area contributed by atoms with E-state index in [4.69, 9.17) is 0 Å². The molecule has 2 aromatic heterocycles. The minimum absolute atomic E-state index is 0.231. The molecule has 0 aliphatic rings. The molecule has 0 amide bonds. The summed E-state index contributed by atoms with van der Waals surface area (Å²) in [5, 5.41) is 8.92. The summed E-state index contributed by atoms with van der Waals surface area (Å²) in [6.45, 7) is 0.630. The van der Waals surface area contributed by atoms with E-state index in [9.17, 15) is 4.39 Å². The van der Waals surface area contributed by atoms with Crippen molar-refractivity contribution in [1.29, 1.82) is 0 Å².